The molecule has 0 saturated heterocycles. The number of carbonyl (C=O) groups excluding carboxylic acids is 2. The van der Waals surface area contributed by atoms with Gasteiger partial charge in [0.2, 0.25) is 0 Å². The minimum atomic E-state index is -1.03. The van der Waals surface area contributed by atoms with Gasteiger partial charge in [-0.25, -0.2) is 13.6 Å². The number of benzene rings is 1. The van der Waals surface area contributed by atoms with E-state index in [1.54, 1.807) is 36.4 Å². The number of hydrogen-bond acceptors (Lipinski definition) is 6. The molecule has 0 bridgehead atoms. The van der Waals surface area contributed by atoms with E-state index in [2.05, 4.69) is 16.7 Å². The molecule has 0 radical (unpaired) electrons. The summed E-state index contributed by atoms with van der Waals surface area (Å²) >= 11 is 0. The Morgan fingerprint density at radius 2 is 1.86 bits per heavy atom. The fourth-order valence-corrected chi connectivity index (χ4v) is 4.04. The van der Waals surface area contributed by atoms with Crippen molar-refractivity contribution in [3.05, 3.63) is 71.8 Å². The summed E-state index contributed by atoms with van der Waals surface area (Å²) in [5, 5.41) is 4.14. The summed E-state index contributed by atoms with van der Waals surface area (Å²) in [6.07, 6.45) is 6.72. The number of anilines is 2. The van der Waals surface area contributed by atoms with Crippen molar-refractivity contribution in [1.29, 1.82) is 0 Å². The summed E-state index contributed by atoms with van der Waals surface area (Å²) < 4.78 is 42.3. The largest absolute Gasteiger partial charge is 0.493 e. The summed E-state index contributed by atoms with van der Waals surface area (Å²) in [6.45, 7) is 3.43. The van der Waals surface area contributed by atoms with E-state index >= 15 is 8.78 Å². The number of aryl methyl sites for hydroxylation is 2. The molecule has 2 aromatic heterocycles. The van der Waals surface area contributed by atoms with Crippen LogP contribution in [0.1, 0.15) is 23.2 Å². The van der Waals surface area contributed by atoms with E-state index in [-0.39, 0.29) is 36.8 Å². The number of amides is 2. The highest BCUT2D eigenvalue weighted by atomic mass is 19.1. The van der Waals surface area contributed by atoms with E-state index in [9.17, 15) is 9.59 Å². The quantitative estimate of drug-likeness (QED) is 0.416. The van der Waals surface area contributed by atoms with Gasteiger partial charge >= 0.3 is 6.03 Å². The van der Waals surface area contributed by atoms with Crippen molar-refractivity contribution >= 4 is 23.2 Å². The van der Waals surface area contributed by atoms with Crippen LogP contribution in [0.4, 0.5) is 25.0 Å². The lowest BCUT2D eigenvalue weighted by Gasteiger charge is -2.37. The van der Waals surface area contributed by atoms with E-state index in [1.165, 1.54) is 25.2 Å². The van der Waals surface area contributed by atoms with Gasteiger partial charge in [-0.3, -0.25) is 24.3 Å². The van der Waals surface area contributed by atoms with Crippen LogP contribution in [-0.2, 0) is 31.4 Å². The minimum Gasteiger partial charge on any atom is -0.493 e. The van der Waals surface area contributed by atoms with Gasteiger partial charge in [0, 0.05) is 48.7 Å². The second-order valence-corrected chi connectivity index (χ2v) is 8.21. The number of ketones is 1. The lowest BCUT2D eigenvalue weighted by molar-refractivity contribution is -0.114. The Labute approximate surface area is 206 Å². The molecule has 0 fully saturated rings. The molecule has 0 N–H and O–H groups in total. The van der Waals surface area contributed by atoms with Crippen LogP contribution in [0.2, 0.25) is 0 Å². The molecular weight excluding hydrogens is 472 g/mol. The molecule has 36 heavy (non-hydrogen) atoms. The van der Waals surface area contributed by atoms with Gasteiger partial charge in [-0.2, -0.15) is 5.10 Å². The monoisotopic (exact) mass is 497 g/mol. The lowest BCUT2D eigenvalue weighted by atomic mass is 10.1. The number of halogens is 2. The molecule has 1 aromatic carbocycles. The summed E-state index contributed by atoms with van der Waals surface area (Å²) in [5.41, 5.74) is 1.83. The van der Waals surface area contributed by atoms with Crippen molar-refractivity contribution in [2.75, 3.05) is 24.0 Å². The van der Waals surface area contributed by atoms with Crippen LogP contribution in [0, 0.1) is 11.6 Å². The van der Waals surface area contributed by atoms with Crippen LogP contribution < -0.4 is 19.3 Å². The highest BCUT2D eigenvalue weighted by molar-refractivity contribution is 6.06. The third kappa shape index (κ3) is 4.64. The average Bonchev–Trinajstić information content (AvgIpc) is 3.29. The number of methoxy groups -OCH3 is 2. The third-order valence-corrected chi connectivity index (χ3v) is 5.87. The van der Waals surface area contributed by atoms with E-state index in [0.717, 1.165) is 11.0 Å². The number of fused-ring (bicyclic) bond motifs is 1. The average molecular weight is 498 g/mol. The van der Waals surface area contributed by atoms with Crippen molar-refractivity contribution in [1.82, 2.24) is 14.8 Å². The highest BCUT2D eigenvalue weighted by Gasteiger charge is 2.37. The standard InChI is InChI=1S/C25H25F2N5O4/c1-5-18(33)7-6-17-8-19-16(11-28-17)14-32(25(34)31(19)13-15-10-29-30(2)12-15)24-22(26)20(35-3)9-21(36-4)23(24)27/h5,8-12H,1,6-7,13-14H2,2-4H3. The van der Waals surface area contributed by atoms with E-state index < -0.39 is 23.4 Å². The number of allylic oxidation sites excluding steroid dienone is 1. The number of hydrogen-bond donors (Lipinski definition) is 0. The topological polar surface area (TPSA) is 89.8 Å². The summed E-state index contributed by atoms with van der Waals surface area (Å²) in [5.74, 6) is -2.70. The Bertz CT molecular complexity index is 1310. The number of urea groups is 1. The van der Waals surface area contributed by atoms with Gasteiger partial charge in [0.15, 0.2) is 28.9 Å². The number of aromatic nitrogens is 3. The van der Waals surface area contributed by atoms with Crippen LogP contribution >= 0.6 is 0 Å². The molecule has 3 heterocycles. The van der Waals surface area contributed by atoms with E-state index in [1.807, 2.05) is 0 Å². The maximum Gasteiger partial charge on any atom is 0.329 e. The summed E-state index contributed by atoms with van der Waals surface area (Å²) in [7, 11) is 4.22. The molecular formula is C25H25F2N5O4. The first-order valence-corrected chi connectivity index (χ1v) is 11.1. The first-order chi connectivity index (χ1) is 17.3. The SMILES string of the molecule is C=CC(=O)CCc1cc2c(cn1)CN(c1c(F)c(OC)cc(OC)c1F)C(=O)N2Cc1cnn(C)c1. The van der Waals surface area contributed by atoms with Crippen molar-refractivity contribution in [3.8, 4) is 11.5 Å². The zero-order valence-corrected chi connectivity index (χ0v) is 20.1. The lowest BCUT2D eigenvalue weighted by Crippen LogP contribution is -2.47. The fourth-order valence-electron chi connectivity index (χ4n) is 4.04. The van der Waals surface area contributed by atoms with Gasteiger partial charge in [-0.1, -0.05) is 6.58 Å². The Morgan fingerprint density at radius 1 is 1.17 bits per heavy atom. The van der Waals surface area contributed by atoms with Gasteiger partial charge in [0.05, 0.1) is 39.2 Å². The van der Waals surface area contributed by atoms with E-state index in [0.29, 0.717) is 28.9 Å². The predicted octanol–water partition coefficient (Wildman–Crippen LogP) is 3.95. The number of nitrogens with zero attached hydrogens (tertiary/aromatic N) is 5. The number of carbonyl (C=O) groups is 2. The molecule has 11 heteroatoms. The highest BCUT2D eigenvalue weighted by Crippen LogP contribution is 2.41. The minimum absolute atomic E-state index is 0.0928. The zero-order valence-electron chi connectivity index (χ0n) is 20.1. The fraction of sp³-hybridized carbons (Fsp3) is 0.280. The molecule has 0 aliphatic carbocycles. The second kappa shape index (κ2) is 10.1. The first kappa shape index (κ1) is 24.8. The van der Waals surface area contributed by atoms with Crippen LogP contribution in [0.15, 0.2) is 43.4 Å². The molecule has 4 rings (SSSR count). The van der Waals surface area contributed by atoms with Gasteiger partial charge in [-0.05, 0) is 18.6 Å². The van der Waals surface area contributed by atoms with Gasteiger partial charge in [0.25, 0.3) is 0 Å². The van der Waals surface area contributed by atoms with Crippen molar-refractivity contribution < 1.29 is 27.8 Å². The van der Waals surface area contributed by atoms with Crippen LogP contribution in [0.5, 0.6) is 11.5 Å². The zero-order chi connectivity index (χ0) is 26.0. The Kier molecular flexibility index (Phi) is 7.00. The molecule has 2 amide bonds. The smallest absolute Gasteiger partial charge is 0.329 e. The van der Waals surface area contributed by atoms with E-state index in [4.69, 9.17) is 9.47 Å². The maximum absolute atomic E-state index is 15.3. The molecule has 0 spiro atoms. The van der Waals surface area contributed by atoms with Crippen LogP contribution in [0.3, 0.4) is 0 Å². The molecule has 1 aliphatic rings. The van der Waals surface area contributed by atoms with Crippen LogP contribution in [-0.4, -0.2) is 40.8 Å². The molecule has 0 unspecified atom stereocenters. The second-order valence-electron chi connectivity index (χ2n) is 8.21. The van der Waals surface area contributed by atoms with Crippen molar-refractivity contribution in [3.63, 3.8) is 0 Å². The van der Waals surface area contributed by atoms with Gasteiger partial charge in [0.1, 0.15) is 5.69 Å². The van der Waals surface area contributed by atoms with Gasteiger partial charge in [-0.15, -0.1) is 0 Å². The first-order valence-electron chi connectivity index (χ1n) is 11.1. The van der Waals surface area contributed by atoms with Gasteiger partial charge < -0.3 is 9.47 Å². The summed E-state index contributed by atoms with van der Waals surface area (Å²) in [4.78, 5) is 32.2. The van der Waals surface area contributed by atoms with Crippen molar-refractivity contribution in [2.24, 2.45) is 7.05 Å². The number of rotatable bonds is 9. The van der Waals surface area contributed by atoms with Crippen LogP contribution in [0.25, 0.3) is 0 Å². The Morgan fingerprint density at radius 3 is 2.44 bits per heavy atom. The molecule has 9 nitrogen and oxygen atoms in total. The summed E-state index contributed by atoms with van der Waals surface area (Å²) in [6, 6.07) is 2.15. The molecule has 1 aliphatic heterocycles. The van der Waals surface area contributed by atoms with Crippen molar-refractivity contribution in [2.45, 2.75) is 25.9 Å². The number of ether oxygens (including phenoxy) is 2. The predicted molar refractivity (Wildman–Crippen MR) is 128 cm³/mol. The Balaban J connectivity index is 1.81. The molecule has 3 aromatic rings. The normalized spacial score (nSPS) is 13.0. The maximum atomic E-state index is 15.3. The molecule has 0 saturated carbocycles. The molecule has 188 valence electrons. The Hall–Kier alpha value is -4.28. The number of pyridine rings is 1. The molecule has 0 atom stereocenters. The third-order valence-electron chi connectivity index (χ3n) is 5.87.